The van der Waals surface area contributed by atoms with Crippen LogP contribution in [0.25, 0.3) is 32.8 Å². The predicted octanol–water partition coefficient (Wildman–Crippen LogP) is 9.71. The summed E-state index contributed by atoms with van der Waals surface area (Å²) in [7, 11) is 0. The van der Waals surface area contributed by atoms with Gasteiger partial charge in [0, 0.05) is 43.2 Å². The largest absolute Gasteiger partial charge is 0.398 e. The topological polar surface area (TPSA) is 86.2 Å². The lowest BCUT2D eigenvalue weighted by Gasteiger charge is -2.12. The fourth-order valence-corrected chi connectivity index (χ4v) is 6.53. The first-order chi connectivity index (χ1) is 21.0. The Bertz CT molecular complexity index is 1880. The highest BCUT2D eigenvalue weighted by Gasteiger charge is 2.27. The maximum Gasteiger partial charge on any atom is 0.163 e. The molecule has 1 aliphatic carbocycles. The second-order valence-corrected chi connectivity index (χ2v) is 12.0. The van der Waals surface area contributed by atoms with Gasteiger partial charge in [0.05, 0.1) is 5.57 Å². The molecule has 4 nitrogen and oxygen atoms in total. The molecular formula is C38H34Cl2N2O2. The van der Waals surface area contributed by atoms with Crippen LogP contribution in [0.1, 0.15) is 50.3 Å². The predicted molar refractivity (Wildman–Crippen MR) is 187 cm³/mol. The zero-order chi connectivity index (χ0) is 31.7. The van der Waals surface area contributed by atoms with E-state index in [0.717, 1.165) is 55.0 Å². The first-order valence-electron chi connectivity index (χ1n) is 14.5. The van der Waals surface area contributed by atoms with E-state index in [-0.39, 0.29) is 17.1 Å². The molecule has 0 bridgehead atoms. The summed E-state index contributed by atoms with van der Waals surface area (Å²) in [6.45, 7) is 6.92. The summed E-state index contributed by atoms with van der Waals surface area (Å²) in [6.07, 6.45) is 9.14. The zero-order valence-corrected chi connectivity index (χ0v) is 26.7. The average Bonchev–Trinajstić information content (AvgIpc) is 3.39. The van der Waals surface area contributed by atoms with Crippen molar-refractivity contribution in [1.29, 1.82) is 0 Å². The number of nitrogen functional groups attached to an aromatic ring is 1. The van der Waals surface area contributed by atoms with Crippen LogP contribution in [0.2, 0.25) is 10.0 Å². The molecule has 4 aromatic carbocycles. The van der Waals surface area contributed by atoms with Gasteiger partial charge in [-0.3, -0.25) is 9.59 Å². The van der Waals surface area contributed by atoms with Crippen LogP contribution in [-0.2, 0) is 9.59 Å². The van der Waals surface area contributed by atoms with Gasteiger partial charge in [-0.05, 0) is 104 Å². The maximum atomic E-state index is 12.8. The summed E-state index contributed by atoms with van der Waals surface area (Å²) in [5, 5.41) is 5.03. The number of rotatable bonds is 6. The van der Waals surface area contributed by atoms with Gasteiger partial charge in [0.15, 0.2) is 11.6 Å². The molecule has 6 heteroatoms. The van der Waals surface area contributed by atoms with E-state index in [0.29, 0.717) is 39.8 Å². The van der Waals surface area contributed by atoms with Gasteiger partial charge in [0.1, 0.15) is 0 Å². The van der Waals surface area contributed by atoms with Crippen molar-refractivity contribution in [3.63, 3.8) is 0 Å². The van der Waals surface area contributed by atoms with E-state index in [1.807, 2.05) is 92.7 Å². The van der Waals surface area contributed by atoms with Crippen molar-refractivity contribution in [1.82, 2.24) is 0 Å². The van der Waals surface area contributed by atoms with E-state index in [4.69, 9.17) is 34.7 Å². The minimum atomic E-state index is -0.264. The number of allylic oxidation sites excluding steroid dienone is 9. The SMILES string of the molecule is CC(=O)C(C(C)=O)=C1/C(=C\C=C(\C)c2cccc3c(Cl)ccc(N)c23)CC/C1=C\C=C(\N)c1cccc2c(Cl)ccc(C)c12. The Kier molecular flexibility index (Phi) is 8.96. The molecule has 0 aliphatic heterocycles. The molecule has 0 atom stereocenters. The normalized spacial score (nSPS) is 16.0. The fourth-order valence-electron chi connectivity index (χ4n) is 6.09. The number of fused-ring (bicyclic) bond motifs is 2. The first kappa shape index (κ1) is 31.1. The highest BCUT2D eigenvalue weighted by molar-refractivity contribution is 6.36. The van der Waals surface area contributed by atoms with Crippen molar-refractivity contribution in [3.05, 3.63) is 134 Å². The molecule has 5 rings (SSSR count). The lowest BCUT2D eigenvalue weighted by molar-refractivity contribution is -0.119. The summed E-state index contributed by atoms with van der Waals surface area (Å²) in [5.74, 6) is -0.528. The van der Waals surface area contributed by atoms with Gasteiger partial charge >= 0.3 is 0 Å². The number of nitrogens with two attached hydrogens (primary N) is 2. The number of carbonyl (C=O) groups is 2. The van der Waals surface area contributed by atoms with Gasteiger partial charge in [0.25, 0.3) is 0 Å². The third-order valence-corrected chi connectivity index (χ3v) is 8.87. The Labute approximate surface area is 268 Å². The number of Topliss-reactive ketones (excluding diaryl/α,β-unsaturated/α-hetero) is 2. The highest BCUT2D eigenvalue weighted by atomic mass is 35.5. The maximum absolute atomic E-state index is 12.8. The van der Waals surface area contributed by atoms with E-state index in [1.165, 1.54) is 13.8 Å². The molecule has 4 aromatic rings. The highest BCUT2D eigenvalue weighted by Crippen LogP contribution is 2.40. The molecule has 0 saturated heterocycles. The number of carbonyl (C=O) groups excluding carboxylic acids is 2. The van der Waals surface area contributed by atoms with Crippen molar-refractivity contribution in [3.8, 4) is 0 Å². The number of benzene rings is 4. The Morgan fingerprint density at radius 3 is 1.89 bits per heavy atom. The van der Waals surface area contributed by atoms with Crippen LogP contribution < -0.4 is 11.5 Å². The van der Waals surface area contributed by atoms with Crippen LogP contribution in [0.5, 0.6) is 0 Å². The van der Waals surface area contributed by atoms with E-state index in [9.17, 15) is 9.59 Å². The second-order valence-electron chi connectivity index (χ2n) is 11.2. The van der Waals surface area contributed by atoms with Crippen molar-refractivity contribution in [2.75, 3.05) is 5.73 Å². The Morgan fingerprint density at radius 2 is 1.27 bits per heavy atom. The van der Waals surface area contributed by atoms with E-state index < -0.39 is 0 Å². The molecule has 0 unspecified atom stereocenters. The molecule has 1 aliphatic rings. The second kappa shape index (κ2) is 12.7. The summed E-state index contributed by atoms with van der Waals surface area (Å²) >= 11 is 13.0. The number of ketones is 2. The smallest absolute Gasteiger partial charge is 0.163 e. The Balaban J connectivity index is 1.61. The van der Waals surface area contributed by atoms with Gasteiger partial charge in [-0.1, -0.05) is 83.9 Å². The van der Waals surface area contributed by atoms with Gasteiger partial charge < -0.3 is 11.5 Å². The minimum absolute atomic E-state index is 0.201. The van der Waals surface area contributed by atoms with Crippen LogP contribution in [0.4, 0.5) is 5.69 Å². The number of anilines is 1. The summed E-state index contributed by atoms with van der Waals surface area (Å²) in [6, 6.07) is 19.3. The molecule has 1 fully saturated rings. The third kappa shape index (κ3) is 5.88. The van der Waals surface area contributed by atoms with Crippen LogP contribution in [0.15, 0.2) is 107 Å². The Hall–Kier alpha value is -4.38. The van der Waals surface area contributed by atoms with E-state index in [1.54, 1.807) is 6.07 Å². The number of aryl methyl sites for hydroxylation is 1. The van der Waals surface area contributed by atoms with Crippen LogP contribution >= 0.6 is 23.2 Å². The summed E-state index contributed by atoms with van der Waals surface area (Å²) in [5.41, 5.74) is 20.8. The van der Waals surface area contributed by atoms with Crippen molar-refractivity contribution >= 4 is 73.3 Å². The van der Waals surface area contributed by atoms with Crippen LogP contribution in [-0.4, -0.2) is 11.6 Å². The molecule has 0 aromatic heterocycles. The molecule has 0 spiro atoms. The van der Waals surface area contributed by atoms with Gasteiger partial charge in [-0.25, -0.2) is 0 Å². The summed E-state index contributed by atoms with van der Waals surface area (Å²) in [4.78, 5) is 25.6. The molecule has 0 amide bonds. The average molecular weight is 622 g/mol. The van der Waals surface area contributed by atoms with Crippen molar-refractivity contribution in [2.45, 2.75) is 40.5 Å². The van der Waals surface area contributed by atoms with Crippen molar-refractivity contribution in [2.24, 2.45) is 5.73 Å². The van der Waals surface area contributed by atoms with Crippen LogP contribution in [0.3, 0.4) is 0 Å². The quantitative estimate of drug-likeness (QED) is 0.0972. The molecule has 1 saturated carbocycles. The van der Waals surface area contributed by atoms with E-state index >= 15 is 0 Å². The van der Waals surface area contributed by atoms with E-state index in [2.05, 4.69) is 0 Å². The number of hydrogen-bond donors (Lipinski definition) is 2. The zero-order valence-electron chi connectivity index (χ0n) is 25.2. The van der Waals surface area contributed by atoms with Gasteiger partial charge in [-0.2, -0.15) is 0 Å². The molecular weight excluding hydrogens is 587 g/mol. The summed E-state index contributed by atoms with van der Waals surface area (Å²) < 4.78 is 0. The lowest BCUT2D eigenvalue weighted by atomic mass is 9.93. The molecule has 222 valence electrons. The van der Waals surface area contributed by atoms with Crippen molar-refractivity contribution < 1.29 is 9.59 Å². The van der Waals surface area contributed by atoms with Crippen LogP contribution in [0, 0.1) is 6.92 Å². The monoisotopic (exact) mass is 620 g/mol. The number of hydrogen-bond acceptors (Lipinski definition) is 4. The lowest BCUT2D eigenvalue weighted by Crippen LogP contribution is -2.10. The van der Waals surface area contributed by atoms with Gasteiger partial charge in [-0.15, -0.1) is 0 Å². The first-order valence-corrected chi connectivity index (χ1v) is 15.2. The molecule has 44 heavy (non-hydrogen) atoms. The Morgan fingerprint density at radius 1 is 0.727 bits per heavy atom. The molecule has 0 radical (unpaired) electrons. The minimum Gasteiger partial charge on any atom is -0.398 e. The van der Waals surface area contributed by atoms with Gasteiger partial charge in [0.2, 0.25) is 0 Å². The molecule has 0 heterocycles. The standard InChI is InChI=1S/C38H34Cl2N2O2/c1-21(27-7-5-9-29-32(40)18-20-34(42)38(27)29)11-13-25-14-15-26(37(25)36(23(3)43)24(4)44)16-19-33(41)30-10-6-8-28-31(39)17-12-22(2)35(28)30/h5-13,16-20H,14-15,41-42H2,1-4H3/b21-11-,25-13-,26-16+,33-19+. The third-order valence-electron chi connectivity index (χ3n) is 8.21. The molecule has 4 N–H and O–H groups in total. The fraction of sp³-hybridized carbons (Fsp3) is 0.158. The number of halogens is 2.